The van der Waals surface area contributed by atoms with E-state index in [-0.39, 0.29) is 11.6 Å². The first-order chi connectivity index (χ1) is 8.69. The summed E-state index contributed by atoms with van der Waals surface area (Å²) in [5, 5.41) is 0. The van der Waals surface area contributed by atoms with Crippen molar-refractivity contribution in [1.29, 1.82) is 0 Å². The van der Waals surface area contributed by atoms with Gasteiger partial charge in [-0.3, -0.25) is 0 Å². The van der Waals surface area contributed by atoms with Crippen LogP contribution in [0.2, 0.25) is 0 Å². The van der Waals surface area contributed by atoms with E-state index in [1.54, 1.807) is 0 Å². The highest BCUT2D eigenvalue weighted by Gasteiger charge is 2.43. The van der Waals surface area contributed by atoms with Crippen LogP contribution in [-0.2, 0) is 9.47 Å². The molecule has 4 heteroatoms. The molecule has 2 saturated heterocycles. The smallest absolute Gasteiger partial charge is 0.121 e. The molecule has 3 rings (SSSR count). The quantitative estimate of drug-likeness (QED) is 0.875. The molecule has 2 N–H and O–H groups in total. The van der Waals surface area contributed by atoms with Gasteiger partial charge in [0.15, 0.2) is 0 Å². The molecular weight excluding hydrogens is 230 g/mol. The van der Waals surface area contributed by atoms with E-state index in [4.69, 9.17) is 19.6 Å². The Morgan fingerprint density at radius 3 is 2.94 bits per heavy atom. The Hall–Kier alpha value is -0.840. The van der Waals surface area contributed by atoms with Crippen LogP contribution in [0, 0.1) is 12.8 Å². The minimum Gasteiger partial charge on any atom is -0.465 e. The number of aryl methyl sites for hydroxylation is 1. The third-order valence-corrected chi connectivity index (χ3v) is 4.20. The van der Waals surface area contributed by atoms with Gasteiger partial charge in [0.2, 0.25) is 0 Å². The molecule has 2 fully saturated rings. The van der Waals surface area contributed by atoms with Gasteiger partial charge in [0.25, 0.3) is 0 Å². The van der Waals surface area contributed by atoms with Crippen LogP contribution in [0.4, 0.5) is 0 Å². The molecule has 2 aliphatic rings. The number of nitrogens with two attached hydrogens (primary N) is 1. The maximum absolute atomic E-state index is 6.34. The number of hydrogen-bond donors (Lipinski definition) is 1. The molecule has 3 unspecified atom stereocenters. The third-order valence-electron chi connectivity index (χ3n) is 4.20. The van der Waals surface area contributed by atoms with Gasteiger partial charge in [-0.2, -0.15) is 0 Å². The summed E-state index contributed by atoms with van der Waals surface area (Å²) in [6, 6.07) is 3.94. The molecule has 1 aromatic rings. The van der Waals surface area contributed by atoms with E-state index in [0.29, 0.717) is 12.5 Å². The highest BCUT2D eigenvalue weighted by molar-refractivity contribution is 5.11. The van der Waals surface area contributed by atoms with Gasteiger partial charge in [-0.1, -0.05) is 0 Å². The molecule has 0 amide bonds. The molecule has 0 aliphatic carbocycles. The zero-order chi connectivity index (χ0) is 12.6. The van der Waals surface area contributed by atoms with Gasteiger partial charge < -0.3 is 19.6 Å². The Morgan fingerprint density at radius 1 is 1.39 bits per heavy atom. The van der Waals surface area contributed by atoms with Crippen molar-refractivity contribution >= 4 is 0 Å². The van der Waals surface area contributed by atoms with Crippen molar-refractivity contribution in [3.05, 3.63) is 23.7 Å². The van der Waals surface area contributed by atoms with E-state index in [1.807, 2.05) is 19.1 Å². The lowest BCUT2D eigenvalue weighted by molar-refractivity contribution is -0.102. The lowest BCUT2D eigenvalue weighted by atomic mass is 9.81. The Kier molecular flexibility index (Phi) is 3.18. The minimum absolute atomic E-state index is 0.0277. The largest absolute Gasteiger partial charge is 0.465 e. The predicted molar refractivity (Wildman–Crippen MR) is 67.2 cm³/mol. The summed E-state index contributed by atoms with van der Waals surface area (Å²) in [6.07, 6.45) is 2.98. The number of hydrogen-bond acceptors (Lipinski definition) is 4. The van der Waals surface area contributed by atoms with Crippen molar-refractivity contribution in [2.45, 2.75) is 37.8 Å². The predicted octanol–water partition coefficient (Wildman–Crippen LogP) is 2.17. The number of ether oxygens (including phenoxy) is 2. The van der Waals surface area contributed by atoms with Gasteiger partial charge in [-0.25, -0.2) is 0 Å². The van der Waals surface area contributed by atoms with Crippen molar-refractivity contribution in [3.8, 4) is 0 Å². The first-order valence-corrected chi connectivity index (χ1v) is 6.72. The zero-order valence-corrected chi connectivity index (χ0v) is 10.9. The molecule has 3 heterocycles. The summed E-state index contributed by atoms with van der Waals surface area (Å²) >= 11 is 0. The molecular formula is C14H21NO3. The van der Waals surface area contributed by atoms with E-state index >= 15 is 0 Å². The van der Waals surface area contributed by atoms with Crippen LogP contribution >= 0.6 is 0 Å². The van der Waals surface area contributed by atoms with Crippen LogP contribution in [0.25, 0.3) is 0 Å². The van der Waals surface area contributed by atoms with Gasteiger partial charge in [0.1, 0.15) is 11.5 Å². The van der Waals surface area contributed by atoms with Crippen molar-refractivity contribution in [2.75, 3.05) is 19.8 Å². The molecule has 2 aliphatic heterocycles. The molecule has 1 spiro atoms. The first-order valence-electron chi connectivity index (χ1n) is 6.72. The second-order valence-corrected chi connectivity index (χ2v) is 5.56. The first kappa shape index (κ1) is 12.2. The minimum atomic E-state index is -0.0812. The average molecular weight is 251 g/mol. The van der Waals surface area contributed by atoms with Crippen LogP contribution in [0.3, 0.4) is 0 Å². The standard InChI is InChI=1S/C14H21NO3/c1-10-2-3-12(18-10)13(15)11-4-6-17-14(8-11)5-7-16-9-14/h2-3,11,13H,4-9,15H2,1H3. The van der Waals surface area contributed by atoms with Crippen LogP contribution < -0.4 is 5.73 Å². The molecule has 0 aromatic carbocycles. The number of furan rings is 1. The van der Waals surface area contributed by atoms with E-state index < -0.39 is 0 Å². The maximum atomic E-state index is 6.34. The molecule has 3 atom stereocenters. The fraction of sp³-hybridized carbons (Fsp3) is 0.714. The molecule has 100 valence electrons. The van der Waals surface area contributed by atoms with Crippen LogP contribution in [0.1, 0.15) is 36.8 Å². The topological polar surface area (TPSA) is 57.6 Å². The van der Waals surface area contributed by atoms with Crippen molar-refractivity contribution in [2.24, 2.45) is 11.7 Å². The van der Waals surface area contributed by atoms with Crippen molar-refractivity contribution in [3.63, 3.8) is 0 Å². The summed E-state index contributed by atoms with van der Waals surface area (Å²) in [4.78, 5) is 0. The molecule has 0 bridgehead atoms. The lowest BCUT2D eigenvalue weighted by Gasteiger charge is -2.38. The Morgan fingerprint density at radius 2 is 2.28 bits per heavy atom. The Bertz CT molecular complexity index is 409. The van der Waals surface area contributed by atoms with Gasteiger partial charge in [-0.15, -0.1) is 0 Å². The van der Waals surface area contributed by atoms with Crippen LogP contribution in [-0.4, -0.2) is 25.4 Å². The normalized spacial score (nSPS) is 34.0. The Balaban J connectivity index is 1.72. The number of rotatable bonds is 2. The highest BCUT2D eigenvalue weighted by Crippen LogP contribution is 2.40. The summed E-state index contributed by atoms with van der Waals surface area (Å²) in [5.74, 6) is 2.24. The SMILES string of the molecule is Cc1ccc(C(N)C2CCOC3(CCOC3)C2)o1. The summed E-state index contributed by atoms with van der Waals surface area (Å²) in [7, 11) is 0. The molecule has 18 heavy (non-hydrogen) atoms. The van der Waals surface area contributed by atoms with Gasteiger partial charge in [0.05, 0.1) is 18.2 Å². The van der Waals surface area contributed by atoms with Crippen LogP contribution in [0.5, 0.6) is 0 Å². The third kappa shape index (κ3) is 2.20. The van der Waals surface area contributed by atoms with Crippen molar-refractivity contribution in [1.82, 2.24) is 0 Å². The fourth-order valence-electron chi connectivity index (χ4n) is 3.10. The second kappa shape index (κ2) is 4.68. The molecule has 4 nitrogen and oxygen atoms in total. The van der Waals surface area contributed by atoms with E-state index in [0.717, 1.165) is 44.0 Å². The van der Waals surface area contributed by atoms with E-state index in [9.17, 15) is 0 Å². The lowest BCUT2D eigenvalue weighted by Crippen LogP contribution is -2.43. The molecule has 0 saturated carbocycles. The zero-order valence-electron chi connectivity index (χ0n) is 10.9. The van der Waals surface area contributed by atoms with Gasteiger partial charge >= 0.3 is 0 Å². The highest BCUT2D eigenvalue weighted by atomic mass is 16.6. The second-order valence-electron chi connectivity index (χ2n) is 5.56. The van der Waals surface area contributed by atoms with Gasteiger partial charge in [0, 0.05) is 19.6 Å². The summed E-state index contributed by atoms with van der Waals surface area (Å²) < 4.78 is 17.1. The summed E-state index contributed by atoms with van der Waals surface area (Å²) in [5.41, 5.74) is 6.26. The molecule has 0 radical (unpaired) electrons. The summed E-state index contributed by atoms with van der Waals surface area (Å²) in [6.45, 7) is 4.25. The molecule has 1 aromatic heterocycles. The monoisotopic (exact) mass is 251 g/mol. The van der Waals surface area contributed by atoms with Crippen molar-refractivity contribution < 1.29 is 13.9 Å². The fourth-order valence-corrected chi connectivity index (χ4v) is 3.10. The Labute approximate surface area is 107 Å². The van der Waals surface area contributed by atoms with E-state index in [1.165, 1.54) is 0 Å². The maximum Gasteiger partial charge on any atom is 0.121 e. The van der Waals surface area contributed by atoms with Crippen LogP contribution in [0.15, 0.2) is 16.5 Å². The average Bonchev–Trinajstić information content (AvgIpc) is 2.98. The van der Waals surface area contributed by atoms with E-state index in [2.05, 4.69) is 0 Å². The van der Waals surface area contributed by atoms with Gasteiger partial charge in [-0.05, 0) is 37.8 Å².